The van der Waals surface area contributed by atoms with Crippen LogP contribution < -0.4 is 20.7 Å². The van der Waals surface area contributed by atoms with E-state index in [1.54, 1.807) is 6.07 Å². The first-order valence-corrected chi connectivity index (χ1v) is 8.07. The Labute approximate surface area is 134 Å². The highest BCUT2D eigenvalue weighted by molar-refractivity contribution is 5.49. The molecular formula is C16H24F3N3O. The second kappa shape index (κ2) is 8.98. The van der Waals surface area contributed by atoms with Crippen molar-refractivity contribution in [2.75, 3.05) is 31.5 Å². The summed E-state index contributed by atoms with van der Waals surface area (Å²) < 4.78 is 39.9. The molecule has 7 heteroatoms. The van der Waals surface area contributed by atoms with Gasteiger partial charge >= 0.3 is 6.36 Å². The molecule has 2 heterocycles. The highest BCUT2D eigenvalue weighted by Crippen LogP contribution is 2.25. The third-order valence-corrected chi connectivity index (χ3v) is 3.71. The first-order valence-electron chi connectivity index (χ1n) is 8.07. The van der Waals surface area contributed by atoms with Gasteiger partial charge in [0, 0.05) is 24.3 Å². The molecule has 1 aromatic carbocycles. The number of hydrogen-bond acceptors (Lipinski definition) is 4. The maximum Gasteiger partial charge on any atom is 0.573 e. The molecule has 4 nitrogen and oxygen atoms in total. The van der Waals surface area contributed by atoms with Crippen molar-refractivity contribution in [1.82, 2.24) is 10.6 Å². The predicted octanol–water partition coefficient (Wildman–Crippen LogP) is 3.12. The smallest absolute Gasteiger partial charge is 0.406 e. The standard InChI is InChI=1S/C11H13F3N2O.C5H11N/c12-11(13,14)17-10-3-1-2-8(6-10)16-9-4-5-15-7-9;1-2-4-6-5-3-1/h1-3,6,9,15-16H,4-5,7H2;6H,1-5H2. The van der Waals surface area contributed by atoms with Gasteiger partial charge in [-0.3, -0.25) is 0 Å². The fourth-order valence-corrected chi connectivity index (χ4v) is 2.60. The van der Waals surface area contributed by atoms with E-state index in [0.717, 1.165) is 19.5 Å². The fourth-order valence-electron chi connectivity index (χ4n) is 2.60. The number of ether oxygens (including phenoxy) is 1. The number of alkyl halides is 3. The molecule has 0 bridgehead atoms. The Balaban J connectivity index is 0.000000268. The van der Waals surface area contributed by atoms with Crippen LogP contribution in [0.5, 0.6) is 5.75 Å². The van der Waals surface area contributed by atoms with E-state index >= 15 is 0 Å². The molecule has 0 spiro atoms. The molecule has 0 radical (unpaired) electrons. The largest absolute Gasteiger partial charge is 0.573 e. The summed E-state index contributed by atoms with van der Waals surface area (Å²) in [7, 11) is 0. The lowest BCUT2D eigenvalue weighted by Crippen LogP contribution is -2.22. The summed E-state index contributed by atoms with van der Waals surface area (Å²) in [6.45, 7) is 4.25. The first kappa shape index (κ1) is 17.9. The van der Waals surface area contributed by atoms with Crippen LogP contribution in [0.15, 0.2) is 24.3 Å². The number of hydrogen-bond donors (Lipinski definition) is 3. The lowest BCUT2D eigenvalue weighted by molar-refractivity contribution is -0.274. The van der Waals surface area contributed by atoms with Crippen LogP contribution in [-0.2, 0) is 0 Å². The Morgan fingerprint density at radius 2 is 1.83 bits per heavy atom. The van der Waals surface area contributed by atoms with Crippen LogP contribution in [-0.4, -0.2) is 38.6 Å². The molecule has 23 heavy (non-hydrogen) atoms. The summed E-state index contributed by atoms with van der Waals surface area (Å²) in [5.41, 5.74) is 0.639. The van der Waals surface area contributed by atoms with Gasteiger partial charge in [0.2, 0.25) is 0 Å². The molecule has 3 rings (SSSR count). The molecule has 0 aliphatic carbocycles. The zero-order valence-electron chi connectivity index (χ0n) is 13.1. The Morgan fingerprint density at radius 1 is 1.04 bits per heavy atom. The van der Waals surface area contributed by atoms with Crippen molar-refractivity contribution < 1.29 is 17.9 Å². The summed E-state index contributed by atoms with van der Waals surface area (Å²) in [6, 6.07) is 6.15. The summed E-state index contributed by atoms with van der Waals surface area (Å²) in [5, 5.41) is 9.61. The summed E-state index contributed by atoms with van der Waals surface area (Å²) in [4.78, 5) is 0. The van der Waals surface area contributed by atoms with Crippen molar-refractivity contribution >= 4 is 5.69 Å². The molecule has 1 aromatic rings. The maximum atomic E-state index is 12.0. The van der Waals surface area contributed by atoms with E-state index in [-0.39, 0.29) is 11.8 Å². The zero-order chi connectivity index (χ0) is 16.5. The highest BCUT2D eigenvalue weighted by atomic mass is 19.4. The summed E-state index contributed by atoms with van der Waals surface area (Å²) >= 11 is 0. The second-order valence-electron chi connectivity index (χ2n) is 5.72. The molecule has 130 valence electrons. The van der Waals surface area contributed by atoms with E-state index < -0.39 is 6.36 Å². The van der Waals surface area contributed by atoms with Gasteiger partial charge in [0.25, 0.3) is 0 Å². The molecular weight excluding hydrogens is 307 g/mol. The van der Waals surface area contributed by atoms with Crippen molar-refractivity contribution in [3.8, 4) is 5.75 Å². The second-order valence-corrected chi connectivity index (χ2v) is 5.72. The SMILES string of the molecule is C1CCNCC1.FC(F)(F)Oc1cccc(NC2CCNC2)c1. The van der Waals surface area contributed by atoms with Gasteiger partial charge < -0.3 is 20.7 Å². The van der Waals surface area contributed by atoms with Crippen LogP contribution in [0, 0.1) is 0 Å². The van der Waals surface area contributed by atoms with E-state index in [2.05, 4.69) is 20.7 Å². The molecule has 2 aliphatic heterocycles. The molecule has 2 aliphatic rings. The van der Waals surface area contributed by atoms with Gasteiger partial charge in [-0.15, -0.1) is 13.2 Å². The minimum atomic E-state index is -4.65. The average Bonchev–Trinajstić information content (AvgIpc) is 3.01. The zero-order valence-corrected chi connectivity index (χ0v) is 13.1. The number of rotatable bonds is 3. The maximum absolute atomic E-state index is 12.0. The van der Waals surface area contributed by atoms with Crippen LogP contribution in [0.3, 0.4) is 0 Å². The molecule has 0 amide bonds. The quantitative estimate of drug-likeness (QED) is 0.796. The molecule has 1 atom stereocenters. The van der Waals surface area contributed by atoms with Gasteiger partial charge in [0.15, 0.2) is 0 Å². The number of anilines is 1. The topological polar surface area (TPSA) is 45.3 Å². The Kier molecular flexibility index (Phi) is 6.98. The average molecular weight is 331 g/mol. The van der Waals surface area contributed by atoms with Crippen LogP contribution in [0.2, 0.25) is 0 Å². The van der Waals surface area contributed by atoms with Gasteiger partial charge in [0.1, 0.15) is 5.75 Å². The number of benzene rings is 1. The van der Waals surface area contributed by atoms with Gasteiger partial charge in [0.05, 0.1) is 0 Å². The lowest BCUT2D eigenvalue weighted by Gasteiger charge is -2.14. The number of piperidine rings is 1. The summed E-state index contributed by atoms with van der Waals surface area (Å²) in [6.07, 6.45) is 0.533. The molecule has 3 N–H and O–H groups in total. The minimum Gasteiger partial charge on any atom is -0.406 e. The molecule has 2 saturated heterocycles. The molecule has 0 saturated carbocycles. The number of halogens is 3. The first-order chi connectivity index (χ1) is 11.0. The Morgan fingerprint density at radius 3 is 2.35 bits per heavy atom. The van der Waals surface area contributed by atoms with Crippen molar-refractivity contribution in [3.05, 3.63) is 24.3 Å². The van der Waals surface area contributed by atoms with Crippen LogP contribution in [0.4, 0.5) is 18.9 Å². The van der Waals surface area contributed by atoms with Gasteiger partial charge in [-0.25, -0.2) is 0 Å². The van der Waals surface area contributed by atoms with Crippen LogP contribution in [0.1, 0.15) is 25.7 Å². The minimum absolute atomic E-state index is 0.201. The van der Waals surface area contributed by atoms with Crippen molar-refractivity contribution in [1.29, 1.82) is 0 Å². The van der Waals surface area contributed by atoms with Crippen molar-refractivity contribution in [2.45, 2.75) is 38.1 Å². The van der Waals surface area contributed by atoms with Gasteiger partial charge in [-0.2, -0.15) is 0 Å². The normalized spacial score (nSPS) is 21.3. The van der Waals surface area contributed by atoms with Crippen LogP contribution in [0.25, 0.3) is 0 Å². The monoisotopic (exact) mass is 331 g/mol. The third kappa shape index (κ3) is 7.56. The number of nitrogens with one attached hydrogen (secondary N) is 3. The van der Waals surface area contributed by atoms with Gasteiger partial charge in [-0.1, -0.05) is 12.5 Å². The fraction of sp³-hybridized carbons (Fsp3) is 0.625. The Bertz CT molecular complexity index is 447. The van der Waals surface area contributed by atoms with Crippen molar-refractivity contribution in [3.63, 3.8) is 0 Å². The van der Waals surface area contributed by atoms with E-state index in [4.69, 9.17) is 0 Å². The lowest BCUT2D eigenvalue weighted by atomic mass is 10.2. The predicted molar refractivity (Wildman–Crippen MR) is 84.7 cm³/mol. The van der Waals surface area contributed by atoms with Gasteiger partial charge in [-0.05, 0) is 51.0 Å². The van der Waals surface area contributed by atoms with E-state index in [1.165, 1.54) is 50.6 Å². The van der Waals surface area contributed by atoms with E-state index in [9.17, 15) is 13.2 Å². The summed E-state index contributed by atoms with van der Waals surface area (Å²) in [5.74, 6) is -0.201. The third-order valence-electron chi connectivity index (χ3n) is 3.71. The van der Waals surface area contributed by atoms with E-state index in [0.29, 0.717) is 5.69 Å². The highest BCUT2D eigenvalue weighted by Gasteiger charge is 2.31. The van der Waals surface area contributed by atoms with Crippen molar-refractivity contribution in [2.24, 2.45) is 0 Å². The molecule has 2 fully saturated rings. The Hall–Kier alpha value is -1.47. The molecule has 0 aromatic heterocycles. The van der Waals surface area contributed by atoms with Crippen LogP contribution >= 0.6 is 0 Å². The molecule has 1 unspecified atom stereocenters. The van der Waals surface area contributed by atoms with E-state index in [1.807, 2.05) is 0 Å².